The predicted octanol–water partition coefficient (Wildman–Crippen LogP) is 6.79. The summed E-state index contributed by atoms with van der Waals surface area (Å²) in [6.07, 6.45) is 0.641. The molecule has 4 bridgehead atoms. The summed E-state index contributed by atoms with van der Waals surface area (Å²) in [6, 6.07) is 23.0. The average molecular weight is 543 g/mol. The van der Waals surface area contributed by atoms with Gasteiger partial charge in [-0.1, -0.05) is 69.3 Å². The Kier molecular flexibility index (Phi) is 7.07. The van der Waals surface area contributed by atoms with E-state index < -0.39 is 16.1 Å². The SMILES string of the molecule is CCC(C)(C)c1ccc(C2CNc3cccc(c3)S(=O)(=O)Nc3nc(cc(-c4c(C)cccc4C)n3)O2)cc1. The van der Waals surface area contributed by atoms with E-state index in [0.29, 0.717) is 17.9 Å². The van der Waals surface area contributed by atoms with Crippen molar-refractivity contribution in [3.63, 3.8) is 0 Å². The highest BCUT2D eigenvalue weighted by molar-refractivity contribution is 7.92. The molecular formula is C31H34N4O3S. The van der Waals surface area contributed by atoms with Gasteiger partial charge in [0.25, 0.3) is 10.0 Å². The zero-order chi connectivity index (χ0) is 27.8. The van der Waals surface area contributed by atoms with E-state index in [4.69, 9.17) is 4.74 Å². The van der Waals surface area contributed by atoms with E-state index in [1.165, 1.54) is 5.56 Å². The molecule has 1 unspecified atom stereocenters. The Hall–Kier alpha value is -3.91. The van der Waals surface area contributed by atoms with Crippen molar-refractivity contribution < 1.29 is 13.2 Å². The summed E-state index contributed by atoms with van der Waals surface area (Å²) in [7, 11) is -3.92. The number of nitrogens with one attached hydrogen (secondary N) is 2. The van der Waals surface area contributed by atoms with Crippen LogP contribution in [0.2, 0.25) is 0 Å². The molecule has 8 heteroatoms. The van der Waals surface area contributed by atoms with E-state index >= 15 is 0 Å². The zero-order valence-electron chi connectivity index (χ0n) is 22.9. The topological polar surface area (TPSA) is 93.2 Å². The van der Waals surface area contributed by atoms with Crippen LogP contribution in [0.15, 0.2) is 77.7 Å². The summed E-state index contributed by atoms with van der Waals surface area (Å²) >= 11 is 0. The van der Waals surface area contributed by atoms with E-state index in [1.807, 2.05) is 38.1 Å². The van der Waals surface area contributed by atoms with E-state index in [2.05, 4.69) is 65.0 Å². The van der Waals surface area contributed by atoms with Gasteiger partial charge < -0.3 is 10.1 Å². The van der Waals surface area contributed by atoms with Crippen LogP contribution in [0.3, 0.4) is 0 Å². The Morgan fingerprint density at radius 1 is 0.949 bits per heavy atom. The first-order chi connectivity index (χ1) is 18.6. The van der Waals surface area contributed by atoms with Gasteiger partial charge in [0.1, 0.15) is 6.10 Å². The van der Waals surface area contributed by atoms with Crippen molar-refractivity contribution in [2.75, 3.05) is 16.6 Å². The molecule has 0 radical (unpaired) electrons. The second kappa shape index (κ2) is 10.3. The summed E-state index contributed by atoms with van der Waals surface area (Å²) in [5, 5.41) is 3.36. The van der Waals surface area contributed by atoms with Gasteiger partial charge in [-0.2, -0.15) is 4.98 Å². The molecule has 7 nitrogen and oxygen atoms in total. The summed E-state index contributed by atoms with van der Waals surface area (Å²) in [5.41, 5.74) is 6.55. The minimum Gasteiger partial charge on any atom is -0.467 e. The molecule has 1 aliphatic rings. The highest BCUT2D eigenvalue weighted by Crippen LogP contribution is 2.33. The van der Waals surface area contributed by atoms with Crippen LogP contribution in [-0.2, 0) is 15.4 Å². The van der Waals surface area contributed by atoms with Gasteiger partial charge in [0.15, 0.2) is 0 Å². The predicted molar refractivity (Wildman–Crippen MR) is 156 cm³/mol. The zero-order valence-corrected chi connectivity index (χ0v) is 23.8. The van der Waals surface area contributed by atoms with Gasteiger partial charge in [-0.15, -0.1) is 0 Å². The molecule has 0 saturated carbocycles. The van der Waals surface area contributed by atoms with Gasteiger partial charge in [-0.05, 0) is 66.1 Å². The third kappa shape index (κ3) is 5.61. The molecule has 1 aliphatic heterocycles. The molecule has 1 atom stereocenters. The number of aromatic nitrogens is 2. The number of aryl methyl sites for hydroxylation is 2. The van der Waals surface area contributed by atoms with Crippen molar-refractivity contribution in [1.29, 1.82) is 0 Å². The standard InChI is InChI=1S/C31H34N4O3S/c1-6-31(4,5)23-15-13-22(14-16-23)27-19-32-24-11-8-12-25(17-24)39(36,37)35-30-33-26(18-28(34-30)38-27)29-20(2)9-7-10-21(29)3/h7-18,27,32H,6,19H2,1-5H3,(H,33,34,35). The van der Waals surface area contributed by atoms with Crippen LogP contribution in [0.1, 0.15) is 55.5 Å². The fraction of sp³-hybridized carbons (Fsp3) is 0.290. The maximum absolute atomic E-state index is 13.2. The van der Waals surface area contributed by atoms with Crippen LogP contribution in [-0.4, -0.2) is 24.9 Å². The number of fused-ring (bicyclic) bond motifs is 4. The number of ether oxygens (including phenoxy) is 1. The maximum atomic E-state index is 13.2. The van der Waals surface area contributed by atoms with Crippen LogP contribution >= 0.6 is 0 Å². The molecule has 3 aromatic carbocycles. The van der Waals surface area contributed by atoms with Gasteiger partial charge in [0, 0.05) is 17.3 Å². The molecular weight excluding hydrogens is 508 g/mol. The first-order valence-electron chi connectivity index (χ1n) is 13.2. The largest absolute Gasteiger partial charge is 0.467 e. The Morgan fingerprint density at radius 3 is 2.33 bits per heavy atom. The van der Waals surface area contributed by atoms with Crippen molar-refractivity contribution in [2.45, 2.75) is 57.5 Å². The normalized spacial score (nSPS) is 16.6. The lowest BCUT2D eigenvalue weighted by Crippen LogP contribution is -2.22. The smallest absolute Gasteiger partial charge is 0.264 e. The van der Waals surface area contributed by atoms with Crippen molar-refractivity contribution in [3.05, 3.63) is 95.1 Å². The molecule has 0 spiro atoms. The van der Waals surface area contributed by atoms with Crippen LogP contribution in [0, 0.1) is 13.8 Å². The summed E-state index contributed by atoms with van der Waals surface area (Å²) < 4.78 is 35.5. The van der Waals surface area contributed by atoms with Gasteiger partial charge in [0.05, 0.1) is 17.1 Å². The molecule has 4 aromatic rings. The molecule has 1 aromatic heterocycles. The molecule has 0 amide bonds. The Bertz CT molecular complexity index is 1600. The van der Waals surface area contributed by atoms with Gasteiger partial charge >= 0.3 is 0 Å². The maximum Gasteiger partial charge on any atom is 0.264 e. The quantitative estimate of drug-likeness (QED) is 0.295. The molecule has 0 fully saturated rings. The van der Waals surface area contributed by atoms with E-state index in [0.717, 1.165) is 28.7 Å². The van der Waals surface area contributed by atoms with Crippen LogP contribution in [0.5, 0.6) is 5.88 Å². The molecule has 5 rings (SSSR count). The van der Waals surface area contributed by atoms with Gasteiger partial charge in [-0.25, -0.2) is 18.1 Å². The number of sulfonamides is 1. The van der Waals surface area contributed by atoms with Crippen molar-refractivity contribution in [1.82, 2.24) is 9.97 Å². The average Bonchev–Trinajstić information content (AvgIpc) is 2.90. The van der Waals surface area contributed by atoms with E-state index in [1.54, 1.807) is 24.3 Å². The van der Waals surface area contributed by atoms with Crippen molar-refractivity contribution in [3.8, 4) is 17.1 Å². The monoisotopic (exact) mass is 542 g/mol. The van der Waals surface area contributed by atoms with Gasteiger partial charge in [0.2, 0.25) is 11.8 Å². The molecule has 39 heavy (non-hydrogen) atoms. The lowest BCUT2D eigenvalue weighted by atomic mass is 9.82. The fourth-order valence-electron chi connectivity index (χ4n) is 4.77. The Morgan fingerprint density at radius 2 is 1.64 bits per heavy atom. The number of nitrogens with zero attached hydrogens (tertiary/aromatic N) is 2. The molecule has 2 N–H and O–H groups in total. The van der Waals surface area contributed by atoms with Crippen molar-refractivity contribution in [2.24, 2.45) is 0 Å². The van der Waals surface area contributed by atoms with Crippen LogP contribution in [0.25, 0.3) is 11.3 Å². The van der Waals surface area contributed by atoms with E-state index in [9.17, 15) is 8.42 Å². The number of rotatable bonds is 4. The lowest BCUT2D eigenvalue weighted by molar-refractivity contribution is 0.210. The molecule has 0 aliphatic carbocycles. The molecule has 2 heterocycles. The number of benzene rings is 3. The minimum absolute atomic E-state index is 0.0390. The second-order valence-electron chi connectivity index (χ2n) is 10.7. The number of hydrogen-bond donors (Lipinski definition) is 2. The summed E-state index contributed by atoms with van der Waals surface area (Å²) in [5.74, 6) is 0.247. The van der Waals surface area contributed by atoms with Crippen molar-refractivity contribution >= 4 is 21.7 Å². The summed E-state index contributed by atoms with van der Waals surface area (Å²) in [6.45, 7) is 11.1. The van der Waals surface area contributed by atoms with Gasteiger partial charge in [-0.3, -0.25) is 0 Å². The Labute approximate surface area is 230 Å². The first-order valence-corrected chi connectivity index (χ1v) is 14.6. The van der Waals surface area contributed by atoms with E-state index in [-0.39, 0.29) is 22.1 Å². The minimum atomic E-state index is -3.92. The van der Waals surface area contributed by atoms with Crippen LogP contribution in [0.4, 0.5) is 11.6 Å². The number of hydrogen-bond acceptors (Lipinski definition) is 6. The Balaban J connectivity index is 1.63. The molecule has 202 valence electrons. The fourth-order valence-corrected chi connectivity index (χ4v) is 5.76. The first kappa shape index (κ1) is 26.7. The highest BCUT2D eigenvalue weighted by atomic mass is 32.2. The second-order valence-corrected chi connectivity index (χ2v) is 12.3. The highest BCUT2D eigenvalue weighted by Gasteiger charge is 2.24. The molecule has 0 saturated heterocycles. The summed E-state index contributed by atoms with van der Waals surface area (Å²) in [4.78, 5) is 9.21. The lowest BCUT2D eigenvalue weighted by Gasteiger charge is -2.25. The van der Waals surface area contributed by atoms with Crippen LogP contribution < -0.4 is 14.8 Å². The number of anilines is 2. The third-order valence-electron chi connectivity index (χ3n) is 7.51. The third-order valence-corrected chi connectivity index (χ3v) is 8.84.